The summed E-state index contributed by atoms with van der Waals surface area (Å²) in [5.41, 5.74) is 1.73. The Morgan fingerprint density at radius 3 is 2.66 bits per heavy atom. The van der Waals surface area contributed by atoms with Crippen LogP contribution in [0, 0.1) is 0 Å². The van der Waals surface area contributed by atoms with E-state index in [1.165, 1.54) is 4.68 Å². The molecule has 1 aliphatic heterocycles. The number of urea groups is 1. The van der Waals surface area contributed by atoms with Gasteiger partial charge in [0, 0.05) is 45.7 Å². The summed E-state index contributed by atoms with van der Waals surface area (Å²) in [5, 5.41) is 13.7. The molecule has 1 aliphatic rings. The molecule has 0 atom stereocenters. The number of benzene rings is 1. The van der Waals surface area contributed by atoms with E-state index in [1.807, 2.05) is 35.2 Å². The van der Waals surface area contributed by atoms with E-state index in [2.05, 4.69) is 25.6 Å². The van der Waals surface area contributed by atoms with Crippen LogP contribution >= 0.6 is 0 Å². The van der Waals surface area contributed by atoms with Gasteiger partial charge < -0.3 is 9.80 Å². The van der Waals surface area contributed by atoms with E-state index in [4.69, 9.17) is 0 Å². The number of piperazine rings is 1. The Kier molecular flexibility index (Phi) is 5.23. The third kappa shape index (κ3) is 4.42. The number of nitrogens with one attached hydrogen (secondary N) is 2. The van der Waals surface area contributed by atoms with Crippen LogP contribution in [0.1, 0.15) is 11.4 Å². The van der Waals surface area contributed by atoms with Crippen molar-refractivity contribution in [1.82, 2.24) is 29.9 Å². The van der Waals surface area contributed by atoms with Gasteiger partial charge in [0.15, 0.2) is 0 Å². The van der Waals surface area contributed by atoms with Crippen molar-refractivity contribution in [3.8, 4) is 0 Å². The molecule has 0 radical (unpaired) electrons. The fraction of sp³-hybridized carbons (Fsp3) is 0.316. The monoisotopic (exact) mass is 394 g/mol. The van der Waals surface area contributed by atoms with E-state index < -0.39 is 0 Å². The first-order chi connectivity index (χ1) is 14.1. The van der Waals surface area contributed by atoms with Crippen molar-refractivity contribution in [3.05, 3.63) is 64.3 Å². The minimum absolute atomic E-state index is 0.154. The van der Waals surface area contributed by atoms with Gasteiger partial charge in [-0.1, -0.05) is 30.3 Å². The summed E-state index contributed by atoms with van der Waals surface area (Å²) < 4.78 is 1.29. The maximum atomic E-state index is 12.5. The van der Waals surface area contributed by atoms with E-state index in [1.54, 1.807) is 24.2 Å². The molecule has 2 N–H and O–H groups in total. The number of nitrogens with zero attached hydrogens (tertiary/aromatic N) is 6. The van der Waals surface area contributed by atoms with Crippen LogP contribution in [0.15, 0.2) is 47.4 Å². The summed E-state index contributed by atoms with van der Waals surface area (Å²) >= 11 is 0. The molecule has 2 aromatic heterocycles. The number of H-pyrrole nitrogens is 1. The molecule has 0 spiro atoms. The molecule has 0 bridgehead atoms. The number of carbonyl (C=O) groups excluding carboxylic acids is 1. The molecule has 10 nitrogen and oxygen atoms in total. The molecule has 0 saturated carbocycles. The number of carbonyl (C=O) groups is 1. The smallest absolute Gasteiger partial charge is 0.324 e. The van der Waals surface area contributed by atoms with E-state index in [0.717, 1.165) is 11.3 Å². The molecule has 1 saturated heterocycles. The first-order valence-electron chi connectivity index (χ1n) is 9.38. The molecule has 0 aliphatic carbocycles. The first kappa shape index (κ1) is 18.7. The second kappa shape index (κ2) is 8.13. The lowest BCUT2D eigenvalue weighted by Crippen LogP contribution is -2.50. The molecule has 1 aromatic carbocycles. The fourth-order valence-corrected chi connectivity index (χ4v) is 3.19. The Morgan fingerprint density at radius 1 is 1.17 bits per heavy atom. The zero-order chi connectivity index (χ0) is 20.2. The van der Waals surface area contributed by atoms with Gasteiger partial charge in [0.25, 0.3) is 5.56 Å². The fourth-order valence-electron chi connectivity index (χ4n) is 3.19. The highest BCUT2D eigenvalue weighted by atomic mass is 16.2. The molecule has 29 heavy (non-hydrogen) atoms. The molecule has 150 valence electrons. The van der Waals surface area contributed by atoms with E-state index in [9.17, 15) is 9.59 Å². The summed E-state index contributed by atoms with van der Waals surface area (Å²) in [7, 11) is 1.61. The van der Waals surface area contributed by atoms with Gasteiger partial charge in [-0.05, 0) is 5.56 Å². The lowest BCUT2D eigenvalue weighted by Gasteiger charge is -2.35. The maximum absolute atomic E-state index is 12.5. The second-order valence-corrected chi connectivity index (χ2v) is 6.85. The summed E-state index contributed by atoms with van der Waals surface area (Å²) in [6, 6.07) is 11.2. The van der Waals surface area contributed by atoms with Crippen LogP contribution < -0.4 is 15.8 Å². The Balaban J connectivity index is 1.31. The van der Waals surface area contributed by atoms with Gasteiger partial charge in [-0.2, -0.15) is 10.1 Å². The predicted molar refractivity (Wildman–Crippen MR) is 108 cm³/mol. The summed E-state index contributed by atoms with van der Waals surface area (Å²) in [6.45, 7) is 2.30. The van der Waals surface area contributed by atoms with Gasteiger partial charge in [-0.3, -0.25) is 15.2 Å². The molecule has 3 heterocycles. The van der Waals surface area contributed by atoms with Crippen LogP contribution in [0.2, 0.25) is 0 Å². The first-order valence-corrected chi connectivity index (χ1v) is 9.38. The maximum Gasteiger partial charge on any atom is 0.324 e. The third-order valence-electron chi connectivity index (χ3n) is 4.85. The normalized spacial score (nSPS) is 14.1. The van der Waals surface area contributed by atoms with Crippen LogP contribution in [0.5, 0.6) is 0 Å². The zero-order valence-corrected chi connectivity index (χ0v) is 16.1. The number of aromatic amines is 1. The van der Waals surface area contributed by atoms with Crippen molar-refractivity contribution in [3.63, 3.8) is 0 Å². The van der Waals surface area contributed by atoms with Crippen molar-refractivity contribution in [2.45, 2.75) is 6.42 Å². The van der Waals surface area contributed by atoms with Crippen molar-refractivity contribution < 1.29 is 4.79 Å². The Hall–Kier alpha value is -3.69. The third-order valence-corrected chi connectivity index (χ3v) is 4.85. The predicted octanol–water partition coefficient (Wildman–Crippen LogP) is 0.843. The lowest BCUT2D eigenvalue weighted by molar-refractivity contribution is 0.208. The number of hydrogen-bond donors (Lipinski definition) is 2. The van der Waals surface area contributed by atoms with Gasteiger partial charge in [0.05, 0.1) is 11.9 Å². The van der Waals surface area contributed by atoms with Crippen molar-refractivity contribution in [2.24, 2.45) is 7.05 Å². The quantitative estimate of drug-likeness (QED) is 0.678. The largest absolute Gasteiger partial charge is 0.367 e. The molecule has 4 rings (SSSR count). The van der Waals surface area contributed by atoms with Crippen LogP contribution in [0.25, 0.3) is 0 Å². The summed E-state index contributed by atoms with van der Waals surface area (Å²) in [4.78, 5) is 32.4. The van der Waals surface area contributed by atoms with E-state index in [-0.39, 0.29) is 17.5 Å². The minimum Gasteiger partial charge on any atom is -0.367 e. The Bertz CT molecular complexity index is 1040. The molecular weight excluding hydrogens is 372 g/mol. The van der Waals surface area contributed by atoms with Crippen molar-refractivity contribution in [1.29, 1.82) is 0 Å². The van der Waals surface area contributed by atoms with Crippen LogP contribution in [-0.4, -0.2) is 62.1 Å². The molecule has 10 heteroatoms. The van der Waals surface area contributed by atoms with Crippen LogP contribution in [0.4, 0.5) is 16.4 Å². The number of rotatable bonds is 4. The van der Waals surface area contributed by atoms with E-state index >= 15 is 0 Å². The molecule has 1 fully saturated rings. The average Bonchev–Trinajstić information content (AvgIpc) is 3.17. The van der Waals surface area contributed by atoms with Crippen molar-refractivity contribution >= 4 is 17.7 Å². The van der Waals surface area contributed by atoms with Gasteiger partial charge in [0.1, 0.15) is 5.82 Å². The highest BCUT2D eigenvalue weighted by molar-refractivity contribution is 5.87. The zero-order valence-electron chi connectivity index (χ0n) is 16.1. The summed E-state index contributed by atoms with van der Waals surface area (Å²) in [6.07, 6.45) is 2.28. The van der Waals surface area contributed by atoms with Gasteiger partial charge >= 0.3 is 6.03 Å². The SMILES string of the molecule is Cn1ncc(N2CCN(C(=O)Nc3n[nH]c(Cc4ccccc4)n3)CC2)cc1=O. The highest BCUT2D eigenvalue weighted by Gasteiger charge is 2.22. The number of anilines is 2. The number of aromatic nitrogens is 5. The van der Waals surface area contributed by atoms with Crippen LogP contribution in [0.3, 0.4) is 0 Å². The number of hydrogen-bond acceptors (Lipinski definition) is 6. The van der Waals surface area contributed by atoms with Crippen LogP contribution in [-0.2, 0) is 13.5 Å². The van der Waals surface area contributed by atoms with E-state index in [0.29, 0.717) is 38.4 Å². The summed E-state index contributed by atoms with van der Waals surface area (Å²) in [5.74, 6) is 0.952. The molecule has 3 aromatic rings. The minimum atomic E-state index is -0.239. The van der Waals surface area contributed by atoms with Gasteiger partial charge in [-0.25, -0.2) is 9.48 Å². The average molecular weight is 394 g/mol. The Morgan fingerprint density at radius 2 is 1.93 bits per heavy atom. The molecular formula is C19H22N8O2. The number of aryl methyl sites for hydroxylation is 1. The molecule has 0 unspecified atom stereocenters. The Labute approximate surface area is 167 Å². The second-order valence-electron chi connectivity index (χ2n) is 6.85. The highest BCUT2D eigenvalue weighted by Crippen LogP contribution is 2.14. The lowest BCUT2D eigenvalue weighted by atomic mass is 10.1. The van der Waals surface area contributed by atoms with Gasteiger partial charge in [0.2, 0.25) is 5.95 Å². The number of amides is 2. The standard InChI is InChI=1S/C19H22N8O2/c1-25-17(28)12-15(13-20-25)26-7-9-27(10-8-26)19(29)22-18-21-16(23-24-18)11-14-5-3-2-4-6-14/h2-6,12-13H,7-11H2,1H3,(H2,21,22,23,24,29). The molecule has 2 amide bonds. The van der Waals surface area contributed by atoms with Crippen molar-refractivity contribution in [2.75, 3.05) is 36.4 Å². The van der Waals surface area contributed by atoms with Gasteiger partial charge in [-0.15, -0.1) is 5.10 Å². The topological polar surface area (TPSA) is 112 Å².